The highest BCUT2D eigenvalue weighted by Gasteiger charge is 2.25. The third-order valence-electron chi connectivity index (χ3n) is 5.05. The van der Waals surface area contributed by atoms with Crippen molar-refractivity contribution in [3.63, 3.8) is 0 Å². The van der Waals surface area contributed by atoms with Gasteiger partial charge in [0.15, 0.2) is 17.2 Å². The number of hydrogen-bond acceptors (Lipinski definition) is 5. The molecule has 0 aliphatic carbocycles. The number of benzene rings is 1. The molecule has 0 fully saturated rings. The molecule has 2 aliphatic rings. The van der Waals surface area contributed by atoms with Crippen LogP contribution in [0.1, 0.15) is 34.2 Å². The Hall–Kier alpha value is -2.54. The van der Waals surface area contributed by atoms with Crippen LogP contribution in [-0.4, -0.2) is 47.9 Å². The first-order valence-corrected chi connectivity index (χ1v) is 9.03. The van der Waals surface area contributed by atoms with Crippen molar-refractivity contribution in [3.8, 4) is 11.5 Å². The van der Waals surface area contributed by atoms with E-state index in [-0.39, 0.29) is 5.91 Å². The highest BCUT2D eigenvalue weighted by molar-refractivity contribution is 5.93. The van der Waals surface area contributed by atoms with Gasteiger partial charge < -0.3 is 14.8 Å². The number of aromatic nitrogens is 2. The Kier molecular flexibility index (Phi) is 4.55. The average molecular weight is 356 g/mol. The predicted molar refractivity (Wildman–Crippen MR) is 96.4 cm³/mol. The van der Waals surface area contributed by atoms with Crippen molar-refractivity contribution in [2.45, 2.75) is 26.3 Å². The highest BCUT2D eigenvalue weighted by Crippen LogP contribution is 2.33. The van der Waals surface area contributed by atoms with Gasteiger partial charge in [0.2, 0.25) is 6.79 Å². The molecule has 7 nitrogen and oxygen atoms in total. The van der Waals surface area contributed by atoms with Gasteiger partial charge in [-0.2, -0.15) is 5.10 Å². The zero-order valence-electron chi connectivity index (χ0n) is 15.2. The number of nitrogens with zero attached hydrogens (tertiary/aromatic N) is 2. The largest absolute Gasteiger partial charge is 0.454 e. The summed E-state index contributed by atoms with van der Waals surface area (Å²) in [6.07, 6.45) is 1.88. The summed E-state index contributed by atoms with van der Waals surface area (Å²) < 4.78 is 10.8. The Morgan fingerprint density at radius 3 is 3.08 bits per heavy atom. The molecule has 0 saturated carbocycles. The van der Waals surface area contributed by atoms with Crippen LogP contribution in [0.3, 0.4) is 0 Å². The second-order valence-electron chi connectivity index (χ2n) is 7.09. The fourth-order valence-electron chi connectivity index (χ4n) is 3.79. The van der Waals surface area contributed by atoms with Crippen LogP contribution < -0.4 is 14.8 Å². The molecule has 1 atom stereocenters. The van der Waals surface area contributed by atoms with Gasteiger partial charge in [0, 0.05) is 44.4 Å². The second-order valence-corrected chi connectivity index (χ2v) is 7.09. The zero-order chi connectivity index (χ0) is 18.1. The maximum atomic E-state index is 12.0. The molecule has 0 saturated heterocycles. The van der Waals surface area contributed by atoms with Crippen LogP contribution in [0.15, 0.2) is 18.2 Å². The molecular formula is C19H24N4O3. The molecule has 0 unspecified atom stereocenters. The van der Waals surface area contributed by atoms with E-state index in [0.29, 0.717) is 18.4 Å². The summed E-state index contributed by atoms with van der Waals surface area (Å²) in [6, 6.07) is 6.17. The molecule has 0 bridgehead atoms. The second kappa shape index (κ2) is 6.99. The highest BCUT2D eigenvalue weighted by atomic mass is 16.7. The molecule has 0 spiro atoms. The van der Waals surface area contributed by atoms with E-state index in [2.05, 4.69) is 39.5 Å². The van der Waals surface area contributed by atoms with Crippen molar-refractivity contribution in [2.24, 2.45) is 5.92 Å². The Labute approximate surface area is 152 Å². The molecule has 1 aromatic heterocycles. The third kappa shape index (κ3) is 3.26. The van der Waals surface area contributed by atoms with Crippen molar-refractivity contribution in [1.82, 2.24) is 20.4 Å². The number of aromatic amines is 1. The summed E-state index contributed by atoms with van der Waals surface area (Å²) >= 11 is 0. The van der Waals surface area contributed by atoms with E-state index in [1.165, 1.54) is 5.56 Å². The Bertz CT molecular complexity index is 817. The lowest BCUT2D eigenvalue weighted by Gasteiger charge is -2.29. The summed E-state index contributed by atoms with van der Waals surface area (Å²) in [5, 5.41) is 9.87. The van der Waals surface area contributed by atoms with Crippen molar-refractivity contribution >= 4 is 5.91 Å². The molecule has 2 aliphatic heterocycles. The first-order chi connectivity index (χ1) is 12.6. The van der Waals surface area contributed by atoms with Crippen LogP contribution in [0.2, 0.25) is 0 Å². The summed E-state index contributed by atoms with van der Waals surface area (Å²) in [6.45, 7) is 5.29. The zero-order valence-corrected chi connectivity index (χ0v) is 15.2. The topological polar surface area (TPSA) is 79.5 Å². The normalized spacial score (nSPS) is 17.0. The summed E-state index contributed by atoms with van der Waals surface area (Å²) in [5.41, 5.74) is 3.90. The molecule has 7 heteroatoms. The van der Waals surface area contributed by atoms with E-state index >= 15 is 0 Å². The van der Waals surface area contributed by atoms with Crippen LogP contribution in [0, 0.1) is 5.92 Å². The lowest BCUT2D eigenvalue weighted by atomic mass is 9.98. The molecule has 2 N–H and O–H groups in total. The third-order valence-corrected chi connectivity index (χ3v) is 5.05. The summed E-state index contributed by atoms with van der Waals surface area (Å²) in [4.78, 5) is 14.4. The van der Waals surface area contributed by atoms with Gasteiger partial charge in [0.05, 0.1) is 0 Å². The van der Waals surface area contributed by atoms with E-state index < -0.39 is 0 Å². The standard InChI is InChI=1S/C19H24N4O3/c1-12(7-13-3-4-16-17(8-13)26-11-25-16)9-23-6-5-15-14(10-23)18(22-21-15)19(24)20-2/h3-4,8,12H,5-7,9-11H2,1-2H3,(H,20,24)(H,21,22)/t12-/m1/s1. The van der Waals surface area contributed by atoms with Gasteiger partial charge in [0.25, 0.3) is 5.91 Å². The van der Waals surface area contributed by atoms with E-state index in [1.54, 1.807) is 7.05 Å². The smallest absolute Gasteiger partial charge is 0.271 e. The number of carbonyl (C=O) groups excluding carboxylic acids is 1. The summed E-state index contributed by atoms with van der Waals surface area (Å²) in [5.74, 6) is 2.03. The lowest BCUT2D eigenvalue weighted by Crippen LogP contribution is -2.35. The van der Waals surface area contributed by atoms with Gasteiger partial charge >= 0.3 is 0 Å². The van der Waals surface area contributed by atoms with Gasteiger partial charge in [-0.3, -0.25) is 14.8 Å². The van der Waals surface area contributed by atoms with E-state index in [4.69, 9.17) is 9.47 Å². The van der Waals surface area contributed by atoms with Crippen molar-refractivity contribution in [2.75, 3.05) is 26.9 Å². The maximum Gasteiger partial charge on any atom is 0.271 e. The Balaban J connectivity index is 1.39. The molecule has 0 radical (unpaired) electrons. The van der Waals surface area contributed by atoms with Gasteiger partial charge in [0.1, 0.15) is 0 Å². The minimum Gasteiger partial charge on any atom is -0.454 e. The number of rotatable bonds is 5. The Morgan fingerprint density at radius 1 is 1.38 bits per heavy atom. The number of H-pyrrole nitrogens is 1. The molecular weight excluding hydrogens is 332 g/mol. The SMILES string of the molecule is CNC(=O)c1n[nH]c2c1CN(C[C@H](C)Cc1ccc3c(c1)OCO3)CC2. The molecule has 26 heavy (non-hydrogen) atoms. The molecule has 1 aromatic carbocycles. The van der Waals surface area contributed by atoms with Gasteiger partial charge in [-0.15, -0.1) is 0 Å². The van der Waals surface area contributed by atoms with E-state index in [9.17, 15) is 4.79 Å². The van der Waals surface area contributed by atoms with Crippen LogP contribution in [0.4, 0.5) is 0 Å². The lowest BCUT2D eigenvalue weighted by molar-refractivity contribution is 0.0955. The van der Waals surface area contributed by atoms with Crippen LogP contribution >= 0.6 is 0 Å². The van der Waals surface area contributed by atoms with Gasteiger partial charge in [-0.05, 0) is 30.0 Å². The van der Waals surface area contributed by atoms with Crippen molar-refractivity contribution < 1.29 is 14.3 Å². The number of hydrogen-bond donors (Lipinski definition) is 2. The first-order valence-electron chi connectivity index (χ1n) is 9.03. The molecule has 3 heterocycles. The average Bonchev–Trinajstić information content (AvgIpc) is 3.26. The fourth-order valence-corrected chi connectivity index (χ4v) is 3.79. The molecule has 4 rings (SSSR count). The van der Waals surface area contributed by atoms with Crippen LogP contribution in [0.5, 0.6) is 11.5 Å². The number of carbonyl (C=O) groups is 1. The number of amides is 1. The van der Waals surface area contributed by atoms with Gasteiger partial charge in [-0.25, -0.2) is 0 Å². The molecule has 2 aromatic rings. The van der Waals surface area contributed by atoms with E-state index in [1.807, 2.05) is 6.07 Å². The predicted octanol–water partition coefficient (Wildman–Crippen LogP) is 1.73. The van der Waals surface area contributed by atoms with E-state index in [0.717, 1.165) is 55.2 Å². The molecule has 1 amide bonds. The van der Waals surface area contributed by atoms with Crippen molar-refractivity contribution in [1.29, 1.82) is 0 Å². The minimum atomic E-state index is -0.127. The minimum absolute atomic E-state index is 0.127. The van der Waals surface area contributed by atoms with Gasteiger partial charge in [-0.1, -0.05) is 13.0 Å². The number of fused-ring (bicyclic) bond motifs is 2. The fraction of sp³-hybridized carbons (Fsp3) is 0.474. The molecule has 138 valence electrons. The first kappa shape index (κ1) is 16.9. The Morgan fingerprint density at radius 2 is 2.23 bits per heavy atom. The monoisotopic (exact) mass is 356 g/mol. The van der Waals surface area contributed by atoms with Crippen LogP contribution in [-0.2, 0) is 19.4 Å². The quantitative estimate of drug-likeness (QED) is 0.853. The summed E-state index contributed by atoms with van der Waals surface area (Å²) in [7, 11) is 1.64. The number of nitrogens with one attached hydrogen (secondary N) is 2. The van der Waals surface area contributed by atoms with Crippen molar-refractivity contribution in [3.05, 3.63) is 40.7 Å². The van der Waals surface area contributed by atoms with Crippen LogP contribution in [0.25, 0.3) is 0 Å². The number of ether oxygens (including phenoxy) is 2. The maximum absolute atomic E-state index is 12.0.